The number of nitrogens with zero attached hydrogens (tertiary/aromatic N) is 4. The summed E-state index contributed by atoms with van der Waals surface area (Å²) in [5.74, 6) is 0.729. The van der Waals surface area contributed by atoms with E-state index in [0.717, 1.165) is 11.1 Å². The van der Waals surface area contributed by atoms with E-state index >= 15 is 0 Å². The summed E-state index contributed by atoms with van der Waals surface area (Å²) < 4.78 is 5.36. The maximum Gasteiger partial charge on any atom is 0.264 e. The van der Waals surface area contributed by atoms with Gasteiger partial charge in [0, 0.05) is 19.3 Å². The van der Waals surface area contributed by atoms with Gasteiger partial charge < -0.3 is 9.64 Å². The molecule has 3 aliphatic rings. The van der Waals surface area contributed by atoms with Gasteiger partial charge in [0.05, 0.1) is 13.2 Å². The first-order valence-corrected chi connectivity index (χ1v) is 9.68. The van der Waals surface area contributed by atoms with Crippen molar-refractivity contribution in [3.8, 4) is 0 Å². The molecule has 0 bridgehead atoms. The first kappa shape index (κ1) is 18.5. The molecule has 4 rings (SSSR count). The lowest BCUT2D eigenvalue weighted by Gasteiger charge is -2.30. The fourth-order valence-electron chi connectivity index (χ4n) is 3.40. The zero-order chi connectivity index (χ0) is 19.5. The molecule has 6 heteroatoms. The van der Waals surface area contributed by atoms with Crippen molar-refractivity contribution in [2.75, 3.05) is 26.3 Å². The van der Waals surface area contributed by atoms with Crippen LogP contribution in [0.3, 0.4) is 0 Å². The zero-order valence-corrected chi connectivity index (χ0v) is 16.2. The minimum atomic E-state index is -0.527. The quantitative estimate of drug-likeness (QED) is 0.814. The Morgan fingerprint density at radius 2 is 1.86 bits per heavy atom. The summed E-state index contributed by atoms with van der Waals surface area (Å²) in [6.45, 7) is 6.97. The second-order valence-electron chi connectivity index (χ2n) is 7.35. The Morgan fingerprint density at radius 1 is 1.11 bits per heavy atom. The zero-order valence-electron chi connectivity index (χ0n) is 16.2. The number of carbonyl (C=O) groups excluding carboxylic acids is 1. The molecule has 0 aromatic heterocycles. The fourth-order valence-corrected chi connectivity index (χ4v) is 3.40. The predicted molar refractivity (Wildman–Crippen MR) is 112 cm³/mol. The highest BCUT2D eigenvalue weighted by molar-refractivity contribution is 6.20. The average molecular weight is 376 g/mol. The standard InChI is InChI=1S/C22H24N4O2/c1-15(2)17-6-3-16(4-7-17)5-8-18-9-10-23-20-19(18)21(27)25-22(24-20)26-11-13-28-14-12-26/h3-10,15,19H,11-14H2,1-2H3/b8-5+. The van der Waals surface area contributed by atoms with Gasteiger partial charge in [0.25, 0.3) is 5.91 Å². The third-order valence-corrected chi connectivity index (χ3v) is 5.10. The minimum Gasteiger partial charge on any atom is -0.378 e. The highest BCUT2D eigenvalue weighted by Gasteiger charge is 2.34. The van der Waals surface area contributed by atoms with Gasteiger partial charge in [-0.25, -0.2) is 4.99 Å². The first-order valence-electron chi connectivity index (χ1n) is 9.68. The number of allylic oxidation sites excluding steroid dienone is 2. The Morgan fingerprint density at radius 3 is 2.57 bits per heavy atom. The van der Waals surface area contributed by atoms with Gasteiger partial charge in [-0.15, -0.1) is 0 Å². The molecule has 28 heavy (non-hydrogen) atoms. The van der Waals surface area contributed by atoms with Gasteiger partial charge >= 0.3 is 0 Å². The first-order chi connectivity index (χ1) is 13.6. The fraction of sp³-hybridized carbons (Fsp3) is 0.364. The Kier molecular flexibility index (Phi) is 5.30. The van der Waals surface area contributed by atoms with E-state index in [1.807, 2.05) is 23.1 Å². The smallest absolute Gasteiger partial charge is 0.264 e. The number of guanidine groups is 1. The Hall–Kier alpha value is -2.86. The largest absolute Gasteiger partial charge is 0.378 e. The van der Waals surface area contributed by atoms with Crippen molar-refractivity contribution in [2.45, 2.75) is 19.8 Å². The maximum atomic E-state index is 12.7. The topological polar surface area (TPSA) is 66.6 Å². The molecule has 0 saturated carbocycles. The van der Waals surface area contributed by atoms with Crippen LogP contribution in [0.5, 0.6) is 0 Å². The molecule has 3 aliphatic heterocycles. The van der Waals surface area contributed by atoms with Crippen molar-refractivity contribution >= 4 is 30.0 Å². The number of rotatable bonds is 3. The third kappa shape index (κ3) is 3.87. The van der Waals surface area contributed by atoms with Crippen LogP contribution in [0.15, 0.2) is 57.0 Å². The van der Waals surface area contributed by atoms with E-state index in [4.69, 9.17) is 4.74 Å². The van der Waals surface area contributed by atoms with Gasteiger partial charge in [0.15, 0.2) is 0 Å². The molecule has 1 fully saturated rings. The van der Waals surface area contributed by atoms with Crippen LogP contribution in [0.2, 0.25) is 0 Å². The number of ether oxygens (including phenoxy) is 1. The highest BCUT2D eigenvalue weighted by Crippen LogP contribution is 2.25. The molecule has 1 aromatic carbocycles. The van der Waals surface area contributed by atoms with Gasteiger partial charge in [-0.2, -0.15) is 9.98 Å². The number of hydrogen-bond donors (Lipinski definition) is 0. The van der Waals surface area contributed by atoms with Crippen molar-refractivity contribution < 1.29 is 9.53 Å². The summed E-state index contributed by atoms with van der Waals surface area (Å²) in [5.41, 5.74) is 3.26. The molecule has 0 N–H and O–H groups in total. The highest BCUT2D eigenvalue weighted by atomic mass is 16.5. The van der Waals surface area contributed by atoms with E-state index in [2.05, 4.69) is 53.1 Å². The van der Waals surface area contributed by atoms with Gasteiger partial charge in [0.1, 0.15) is 11.8 Å². The summed E-state index contributed by atoms with van der Waals surface area (Å²) in [4.78, 5) is 27.9. The number of benzene rings is 1. The van der Waals surface area contributed by atoms with Crippen LogP contribution in [-0.2, 0) is 9.53 Å². The summed E-state index contributed by atoms with van der Waals surface area (Å²) in [7, 11) is 0. The van der Waals surface area contributed by atoms with Crippen LogP contribution in [0.25, 0.3) is 6.08 Å². The molecule has 1 saturated heterocycles. The summed E-state index contributed by atoms with van der Waals surface area (Å²) in [6, 6.07) is 8.46. The molecule has 144 valence electrons. The lowest BCUT2D eigenvalue weighted by atomic mass is 9.93. The van der Waals surface area contributed by atoms with Crippen LogP contribution in [0.4, 0.5) is 0 Å². The molecule has 0 radical (unpaired) electrons. The lowest BCUT2D eigenvalue weighted by molar-refractivity contribution is -0.119. The third-order valence-electron chi connectivity index (χ3n) is 5.10. The molecule has 1 aromatic rings. The van der Waals surface area contributed by atoms with Crippen molar-refractivity contribution in [2.24, 2.45) is 20.9 Å². The second kappa shape index (κ2) is 8.02. The number of fused-ring (bicyclic) bond motifs is 1. The van der Waals surface area contributed by atoms with E-state index in [1.165, 1.54) is 5.56 Å². The minimum absolute atomic E-state index is 0.214. The lowest BCUT2D eigenvalue weighted by Crippen LogP contribution is -2.43. The molecule has 1 unspecified atom stereocenters. The average Bonchev–Trinajstić information content (AvgIpc) is 2.73. The number of amides is 1. The van der Waals surface area contributed by atoms with Crippen LogP contribution in [0, 0.1) is 5.92 Å². The number of amidine groups is 1. The molecule has 0 spiro atoms. The maximum absolute atomic E-state index is 12.7. The number of morpholine rings is 1. The van der Waals surface area contributed by atoms with E-state index < -0.39 is 5.92 Å². The molecule has 3 heterocycles. The van der Waals surface area contributed by atoms with E-state index in [1.54, 1.807) is 6.21 Å². The molecule has 6 nitrogen and oxygen atoms in total. The van der Waals surface area contributed by atoms with Crippen molar-refractivity contribution in [3.63, 3.8) is 0 Å². The van der Waals surface area contributed by atoms with E-state index in [-0.39, 0.29) is 5.91 Å². The Balaban J connectivity index is 1.52. The van der Waals surface area contributed by atoms with Crippen LogP contribution in [0.1, 0.15) is 30.9 Å². The SMILES string of the molecule is CC(C)c1ccc(/C=C/C2=CC=NC3=NC(N4CCOCC4)=NC(=O)C23)cc1. The summed E-state index contributed by atoms with van der Waals surface area (Å²) >= 11 is 0. The molecule has 0 aliphatic carbocycles. The monoisotopic (exact) mass is 376 g/mol. The normalized spacial score (nSPS) is 22.2. The van der Waals surface area contributed by atoms with E-state index in [9.17, 15) is 4.79 Å². The summed E-state index contributed by atoms with van der Waals surface area (Å²) in [6.07, 6.45) is 7.53. The van der Waals surface area contributed by atoms with Gasteiger partial charge in [-0.1, -0.05) is 50.3 Å². The predicted octanol–water partition coefficient (Wildman–Crippen LogP) is 3.08. The number of carbonyl (C=O) groups is 1. The number of dihydropyridines is 1. The van der Waals surface area contributed by atoms with Crippen molar-refractivity contribution in [1.29, 1.82) is 0 Å². The Bertz CT molecular complexity index is 901. The molecule has 1 amide bonds. The summed E-state index contributed by atoms with van der Waals surface area (Å²) in [5, 5.41) is 0. The van der Waals surface area contributed by atoms with Crippen molar-refractivity contribution in [3.05, 3.63) is 53.1 Å². The molecular formula is C22H24N4O2. The van der Waals surface area contributed by atoms with Crippen molar-refractivity contribution in [1.82, 2.24) is 4.90 Å². The van der Waals surface area contributed by atoms with E-state index in [0.29, 0.717) is 44.0 Å². The Labute approximate surface area is 165 Å². The number of hydrogen-bond acceptors (Lipinski definition) is 5. The van der Waals surface area contributed by atoms with Gasteiger partial charge in [0.2, 0.25) is 5.96 Å². The van der Waals surface area contributed by atoms with Crippen LogP contribution in [-0.4, -0.2) is 55.1 Å². The van der Waals surface area contributed by atoms with Gasteiger partial charge in [-0.05, 0) is 28.7 Å². The molecular weight excluding hydrogens is 352 g/mol. The molecule has 1 atom stereocenters. The van der Waals surface area contributed by atoms with Crippen LogP contribution < -0.4 is 0 Å². The van der Waals surface area contributed by atoms with Crippen LogP contribution >= 0.6 is 0 Å². The second-order valence-corrected chi connectivity index (χ2v) is 7.35. The van der Waals surface area contributed by atoms with Gasteiger partial charge in [-0.3, -0.25) is 4.79 Å². The number of aliphatic imine (C=N–C) groups is 3.